The van der Waals surface area contributed by atoms with Gasteiger partial charge in [0.25, 0.3) is 0 Å². The fourth-order valence-electron chi connectivity index (χ4n) is 2.59. The maximum absolute atomic E-state index is 11.4. The monoisotopic (exact) mass is 372 g/mol. The van der Waals surface area contributed by atoms with Crippen LogP contribution in [0.15, 0.2) is 18.2 Å². The fourth-order valence-corrected chi connectivity index (χ4v) is 2.59. The number of methoxy groups -OCH3 is 1. The first kappa shape index (κ1) is 19.8. The van der Waals surface area contributed by atoms with Gasteiger partial charge in [0.05, 0.1) is 24.7 Å². The molecule has 0 radical (unpaired) electrons. The van der Waals surface area contributed by atoms with Crippen molar-refractivity contribution in [3.05, 3.63) is 28.3 Å². The second-order valence-corrected chi connectivity index (χ2v) is 5.64. The van der Waals surface area contributed by atoms with E-state index in [0.29, 0.717) is 0 Å². The number of carbonyl (C=O) groups is 1. The molecule has 5 atom stereocenters. The van der Waals surface area contributed by atoms with Crippen LogP contribution in [0.25, 0.3) is 0 Å². The summed E-state index contributed by atoms with van der Waals surface area (Å²) >= 11 is 0. The van der Waals surface area contributed by atoms with Gasteiger partial charge in [0.2, 0.25) is 12.2 Å². The van der Waals surface area contributed by atoms with Crippen LogP contribution in [0, 0.1) is 10.1 Å². The summed E-state index contributed by atoms with van der Waals surface area (Å²) in [5.74, 6) is -0.478. The molecule has 0 aliphatic carbocycles. The number of nitro benzene ring substituents is 1. The Labute approximate surface area is 148 Å². The molecule has 1 aliphatic rings. The molecular formula is C15H20N2O9. The molecule has 1 amide bonds. The van der Waals surface area contributed by atoms with Crippen LogP contribution in [0.4, 0.5) is 5.69 Å². The van der Waals surface area contributed by atoms with Crippen molar-refractivity contribution < 1.29 is 39.2 Å². The summed E-state index contributed by atoms with van der Waals surface area (Å²) in [5, 5.41) is 42.9. The quantitative estimate of drug-likeness (QED) is 0.360. The van der Waals surface area contributed by atoms with E-state index in [9.17, 15) is 30.2 Å². The third-order valence-corrected chi connectivity index (χ3v) is 3.85. The van der Waals surface area contributed by atoms with Gasteiger partial charge in [-0.2, -0.15) is 0 Å². The SMILES string of the molecule is COc1ccc(O[C@@H]2O[C@H](CO)[C@@H](O)[C@H](O)[C@H]2NC(C)=O)cc1[N+](=O)[O-]. The van der Waals surface area contributed by atoms with E-state index in [-0.39, 0.29) is 17.2 Å². The van der Waals surface area contributed by atoms with Crippen molar-refractivity contribution in [2.24, 2.45) is 0 Å². The standard InChI is InChI=1S/C15H20N2O9/c1-7(19)16-12-14(21)13(20)11(6-18)26-15(12)25-8-3-4-10(24-2)9(5-8)17(22)23/h3-5,11-15,18,20-21H,6H2,1-2H3,(H,16,19)/t11-,12-,13-,14-,15-/m1/s1. The summed E-state index contributed by atoms with van der Waals surface area (Å²) in [4.78, 5) is 21.8. The van der Waals surface area contributed by atoms with Gasteiger partial charge in [-0.15, -0.1) is 0 Å². The van der Waals surface area contributed by atoms with Crippen LogP contribution in [0.2, 0.25) is 0 Å². The molecule has 11 heteroatoms. The van der Waals surface area contributed by atoms with Crippen LogP contribution in [0.5, 0.6) is 11.5 Å². The zero-order chi connectivity index (χ0) is 19.4. The highest BCUT2D eigenvalue weighted by molar-refractivity contribution is 5.73. The van der Waals surface area contributed by atoms with E-state index in [1.165, 1.54) is 26.2 Å². The van der Waals surface area contributed by atoms with Crippen molar-refractivity contribution in [1.82, 2.24) is 5.32 Å². The summed E-state index contributed by atoms with van der Waals surface area (Å²) < 4.78 is 15.8. The van der Waals surface area contributed by atoms with E-state index in [1.807, 2.05) is 0 Å². The van der Waals surface area contributed by atoms with Gasteiger partial charge in [0.15, 0.2) is 5.75 Å². The third-order valence-electron chi connectivity index (χ3n) is 3.85. The number of ether oxygens (including phenoxy) is 3. The zero-order valence-electron chi connectivity index (χ0n) is 14.1. The number of carbonyl (C=O) groups excluding carboxylic acids is 1. The summed E-state index contributed by atoms with van der Waals surface area (Å²) in [5.41, 5.74) is -0.351. The topological polar surface area (TPSA) is 161 Å². The minimum Gasteiger partial charge on any atom is -0.490 e. The summed E-state index contributed by atoms with van der Waals surface area (Å²) in [6.07, 6.45) is -5.40. The van der Waals surface area contributed by atoms with Gasteiger partial charge >= 0.3 is 5.69 Å². The Morgan fingerprint density at radius 1 is 1.38 bits per heavy atom. The molecule has 1 aromatic rings. The van der Waals surface area contributed by atoms with Crippen molar-refractivity contribution >= 4 is 11.6 Å². The smallest absolute Gasteiger partial charge is 0.314 e. The number of rotatable bonds is 6. The van der Waals surface area contributed by atoms with Gasteiger partial charge in [-0.1, -0.05) is 0 Å². The molecule has 0 spiro atoms. The van der Waals surface area contributed by atoms with Crippen LogP contribution >= 0.6 is 0 Å². The second-order valence-electron chi connectivity index (χ2n) is 5.64. The van der Waals surface area contributed by atoms with Crippen LogP contribution in [-0.4, -0.2) is 70.5 Å². The molecule has 1 heterocycles. The summed E-state index contributed by atoms with van der Waals surface area (Å²) in [7, 11) is 1.28. The van der Waals surface area contributed by atoms with Crippen molar-refractivity contribution in [1.29, 1.82) is 0 Å². The molecule has 0 aromatic heterocycles. The van der Waals surface area contributed by atoms with Crippen LogP contribution in [0.1, 0.15) is 6.92 Å². The Morgan fingerprint density at radius 2 is 2.08 bits per heavy atom. The molecule has 1 fully saturated rings. The number of amides is 1. The zero-order valence-corrected chi connectivity index (χ0v) is 14.1. The van der Waals surface area contributed by atoms with E-state index < -0.39 is 48.1 Å². The minimum atomic E-state index is -1.48. The maximum atomic E-state index is 11.4. The van der Waals surface area contributed by atoms with E-state index in [0.717, 1.165) is 6.07 Å². The molecule has 144 valence electrons. The Balaban J connectivity index is 2.30. The first-order valence-corrected chi connectivity index (χ1v) is 7.67. The Kier molecular flexibility index (Phi) is 6.32. The van der Waals surface area contributed by atoms with E-state index in [2.05, 4.69) is 5.32 Å². The molecule has 0 unspecified atom stereocenters. The molecular weight excluding hydrogens is 352 g/mol. The molecule has 26 heavy (non-hydrogen) atoms. The average Bonchev–Trinajstić information content (AvgIpc) is 2.60. The molecule has 1 aliphatic heterocycles. The van der Waals surface area contributed by atoms with E-state index >= 15 is 0 Å². The minimum absolute atomic E-state index is 0.0122. The lowest BCUT2D eigenvalue weighted by Crippen LogP contribution is -2.65. The second kappa shape index (κ2) is 8.27. The first-order chi connectivity index (χ1) is 12.3. The summed E-state index contributed by atoms with van der Waals surface area (Å²) in [6.45, 7) is 0.597. The van der Waals surface area contributed by atoms with Crippen molar-refractivity contribution in [2.75, 3.05) is 13.7 Å². The molecule has 1 aromatic carbocycles. The fraction of sp³-hybridized carbons (Fsp3) is 0.533. The average molecular weight is 372 g/mol. The number of nitrogens with one attached hydrogen (secondary N) is 1. The van der Waals surface area contributed by atoms with Crippen LogP contribution < -0.4 is 14.8 Å². The summed E-state index contributed by atoms with van der Waals surface area (Å²) in [6, 6.07) is 2.63. The van der Waals surface area contributed by atoms with Crippen molar-refractivity contribution in [2.45, 2.75) is 37.6 Å². The number of nitro groups is 1. The lowest BCUT2D eigenvalue weighted by Gasteiger charge is -2.42. The predicted octanol–water partition coefficient (Wildman–Crippen LogP) is -1.07. The number of aliphatic hydroxyl groups is 3. The Morgan fingerprint density at radius 3 is 2.62 bits per heavy atom. The van der Waals surface area contributed by atoms with E-state index in [1.54, 1.807) is 0 Å². The molecule has 0 bridgehead atoms. The van der Waals surface area contributed by atoms with Crippen molar-refractivity contribution in [3.8, 4) is 11.5 Å². The maximum Gasteiger partial charge on any atom is 0.314 e. The lowest BCUT2D eigenvalue weighted by atomic mass is 9.97. The van der Waals surface area contributed by atoms with Gasteiger partial charge in [-0.25, -0.2) is 0 Å². The van der Waals surface area contributed by atoms with Gasteiger partial charge in [0.1, 0.15) is 30.1 Å². The van der Waals surface area contributed by atoms with Gasteiger partial charge in [0, 0.05) is 6.92 Å². The normalized spacial score (nSPS) is 28.3. The molecule has 11 nitrogen and oxygen atoms in total. The van der Waals surface area contributed by atoms with Gasteiger partial charge in [-0.3, -0.25) is 14.9 Å². The highest BCUT2D eigenvalue weighted by Gasteiger charge is 2.46. The highest BCUT2D eigenvalue weighted by atomic mass is 16.7. The number of hydrogen-bond donors (Lipinski definition) is 4. The lowest BCUT2D eigenvalue weighted by molar-refractivity contribution is -0.385. The van der Waals surface area contributed by atoms with Gasteiger partial charge < -0.3 is 34.8 Å². The van der Waals surface area contributed by atoms with Gasteiger partial charge in [-0.05, 0) is 12.1 Å². The van der Waals surface area contributed by atoms with Crippen LogP contribution in [0.3, 0.4) is 0 Å². The Hall–Kier alpha value is -2.47. The van der Waals surface area contributed by atoms with Crippen molar-refractivity contribution in [3.63, 3.8) is 0 Å². The number of nitrogens with zero attached hydrogens (tertiary/aromatic N) is 1. The van der Waals surface area contributed by atoms with E-state index in [4.69, 9.17) is 14.2 Å². The molecule has 1 saturated heterocycles. The molecule has 2 rings (SSSR count). The van der Waals surface area contributed by atoms with Crippen LogP contribution in [-0.2, 0) is 9.53 Å². The Bertz CT molecular complexity index is 669. The largest absolute Gasteiger partial charge is 0.490 e. The number of benzene rings is 1. The molecule has 4 N–H and O–H groups in total. The molecule has 0 saturated carbocycles. The predicted molar refractivity (Wildman–Crippen MR) is 85.6 cm³/mol. The first-order valence-electron chi connectivity index (χ1n) is 7.67. The third kappa shape index (κ3) is 4.19. The number of hydrogen-bond acceptors (Lipinski definition) is 9. The highest BCUT2D eigenvalue weighted by Crippen LogP contribution is 2.32. The number of aliphatic hydroxyl groups excluding tert-OH is 3.